The minimum absolute atomic E-state index is 0.898. The summed E-state index contributed by atoms with van der Waals surface area (Å²) in [6, 6.07) is 130. The summed E-state index contributed by atoms with van der Waals surface area (Å²) in [6.45, 7) is 0. The Morgan fingerprint density at radius 1 is 0.178 bits per heavy atom. The van der Waals surface area contributed by atoms with Gasteiger partial charge in [0.2, 0.25) is 0 Å². The highest BCUT2D eigenvalue weighted by Gasteiger charge is 2.35. The molecule has 0 amide bonds. The number of para-hydroxylation sites is 11. The summed E-state index contributed by atoms with van der Waals surface area (Å²) in [6.07, 6.45) is 22.5. The average Bonchev–Trinajstić information content (AvgIpc) is 1.55. The molecule has 3 aliphatic heterocycles. The molecule has 0 unspecified atom stereocenters. The molecule has 0 N–H and O–H groups in total. The molecule has 3 aliphatic rings. The third kappa shape index (κ3) is 12.0. The molecule has 0 saturated carbocycles. The molecule has 0 fully saturated rings. The van der Waals surface area contributed by atoms with Crippen molar-refractivity contribution in [3.05, 3.63) is 438 Å². The van der Waals surface area contributed by atoms with Gasteiger partial charge >= 0.3 is 0 Å². The van der Waals surface area contributed by atoms with E-state index in [2.05, 4.69) is 362 Å². The molecule has 27 aromatic rings. The van der Waals surface area contributed by atoms with Gasteiger partial charge in [-0.1, -0.05) is 164 Å². The topological polar surface area (TPSA) is 128 Å². The monoisotopic (exact) mass is 1740 g/mol. The lowest BCUT2D eigenvalue weighted by molar-refractivity contribution is 0.669. The zero-order valence-electron chi connectivity index (χ0n) is 72.2. The number of thiophene rings is 1. The molecule has 12 aromatic heterocycles. The standard InChI is InChI=1S/2C40H24N4O.C40H24N4S/c1-4-15-38-30(10-1)33-21-37-32(22-39(33)45-38)31-11-5-14-36-40(31)44(37)35-13-3-2-12-34(35)43(36)29-19-27(25-8-6-16-41-23-25)18-28(20-29)26-9-7-17-42-24-26;1-4-15-38-30(10-1)33-21-32-31-11-5-14-36-40(31)44(37(32)22-39(33)45-38)35-13-3-2-12-34(35)43(36)29-19-27(25-8-6-16-41-23-25)18-28(20-29)26-9-7-17-42-24-26;1-4-15-38-30(10-1)33-21-37-32(22-39(33)45-38)31-11-5-14-36-40(31)44(37)35-13-3-2-12-34(35)43(36)29-19-27(25-8-6-16-41-23-25)18-28(20-29)26-9-7-17-42-24-26/h3*1-24H. The lowest BCUT2D eigenvalue weighted by atomic mass is 9.98. The predicted molar refractivity (Wildman–Crippen MR) is 554 cm³/mol. The van der Waals surface area contributed by atoms with E-state index in [1.165, 1.54) is 85.8 Å². The van der Waals surface area contributed by atoms with Gasteiger partial charge in [-0.15, -0.1) is 11.3 Å². The van der Waals surface area contributed by atoms with Crippen LogP contribution in [-0.2, 0) is 0 Å². The van der Waals surface area contributed by atoms with Crippen molar-refractivity contribution in [2.24, 2.45) is 0 Å². The molecule has 135 heavy (non-hydrogen) atoms. The highest BCUT2D eigenvalue weighted by atomic mass is 32.1. The van der Waals surface area contributed by atoms with Crippen molar-refractivity contribution in [3.8, 4) is 83.8 Å². The van der Waals surface area contributed by atoms with Crippen molar-refractivity contribution in [1.82, 2.24) is 43.6 Å². The van der Waals surface area contributed by atoms with E-state index >= 15 is 0 Å². The van der Waals surface area contributed by atoms with Crippen molar-refractivity contribution in [2.45, 2.75) is 0 Å². The molecule has 0 saturated heterocycles. The first-order valence-electron chi connectivity index (χ1n) is 45.2. The van der Waals surface area contributed by atoms with Crippen LogP contribution in [0.2, 0.25) is 0 Å². The van der Waals surface area contributed by atoms with E-state index in [9.17, 15) is 0 Å². The van der Waals surface area contributed by atoms with Gasteiger partial charge in [0.25, 0.3) is 0 Å². The first-order chi connectivity index (χ1) is 66.9. The van der Waals surface area contributed by atoms with Crippen molar-refractivity contribution in [3.63, 3.8) is 0 Å². The number of aromatic nitrogens is 9. The van der Waals surface area contributed by atoms with Crippen molar-refractivity contribution >= 4 is 192 Å². The first kappa shape index (κ1) is 75.8. The zero-order valence-corrected chi connectivity index (χ0v) is 73.0. The van der Waals surface area contributed by atoms with Crippen LogP contribution < -0.4 is 14.7 Å². The van der Waals surface area contributed by atoms with Gasteiger partial charge in [-0.25, -0.2) is 0 Å². The number of hydrogen-bond donors (Lipinski definition) is 0. The minimum Gasteiger partial charge on any atom is -0.456 e. The van der Waals surface area contributed by atoms with E-state index in [1.807, 2.05) is 146 Å². The van der Waals surface area contributed by atoms with E-state index in [0.29, 0.717) is 0 Å². The van der Waals surface area contributed by atoms with E-state index in [1.54, 1.807) is 0 Å². The van der Waals surface area contributed by atoms with Crippen LogP contribution in [0.3, 0.4) is 0 Å². The maximum atomic E-state index is 6.36. The fourth-order valence-corrected chi connectivity index (χ4v) is 22.4. The molecule has 0 radical (unpaired) electrons. The van der Waals surface area contributed by atoms with Crippen LogP contribution in [0.4, 0.5) is 51.2 Å². The SMILES string of the molecule is c1cncc(-c2cc(-c3cccnc3)cc(N3c4ccccc4-n4c5cc6c(cc5c5cccc3c54)oc3ccccc36)c2)c1.c1cncc(-c2cc(-c3cccnc3)cc(N3c4ccccc4-n4c5cc6c(cc5c5cccc3c54)sc3ccccc36)c2)c1.c1cncc(-c2cc(-c3cccnc3)cc(N3c4ccccc4-n4c5cc6oc7ccccc7c6cc5c5cccc3c54)c2)c1. The molecule has 0 spiro atoms. The van der Waals surface area contributed by atoms with Crippen molar-refractivity contribution < 1.29 is 8.83 Å². The Morgan fingerprint density at radius 3 is 0.852 bits per heavy atom. The number of pyridine rings is 6. The van der Waals surface area contributed by atoms with Crippen LogP contribution >= 0.6 is 11.3 Å². The largest absolute Gasteiger partial charge is 0.456 e. The Labute approximate surface area is 775 Å². The average molecular weight is 1750 g/mol. The second-order valence-electron chi connectivity index (χ2n) is 34.6. The second-order valence-corrected chi connectivity index (χ2v) is 35.7. The summed E-state index contributed by atoms with van der Waals surface area (Å²) < 4.78 is 22.7. The molecule has 0 aliphatic carbocycles. The van der Waals surface area contributed by atoms with Gasteiger partial charge in [0.05, 0.1) is 84.3 Å². The molecule has 15 heteroatoms. The number of anilines is 9. The lowest BCUT2D eigenvalue weighted by Gasteiger charge is -2.33. The number of fused-ring (bicyclic) bond motifs is 24. The molecular weight excluding hydrogens is 1670 g/mol. The van der Waals surface area contributed by atoms with E-state index in [-0.39, 0.29) is 0 Å². The van der Waals surface area contributed by atoms with Gasteiger partial charge in [-0.05, 0) is 228 Å². The van der Waals surface area contributed by atoms with Crippen molar-refractivity contribution in [1.29, 1.82) is 0 Å². The number of furan rings is 2. The molecule has 0 bridgehead atoms. The Kier molecular flexibility index (Phi) is 17.0. The molecule has 630 valence electrons. The summed E-state index contributed by atoms with van der Waals surface area (Å²) >= 11 is 1.87. The Hall–Kier alpha value is -18.2. The number of benzene rings is 15. The van der Waals surface area contributed by atoms with Gasteiger partial charge in [0, 0.05) is 205 Å². The van der Waals surface area contributed by atoms with Crippen LogP contribution in [0.25, 0.3) is 213 Å². The van der Waals surface area contributed by atoms with E-state index in [0.717, 1.165) is 179 Å². The van der Waals surface area contributed by atoms with E-state index in [4.69, 9.17) is 8.83 Å². The summed E-state index contributed by atoms with van der Waals surface area (Å²) in [7, 11) is 0. The smallest absolute Gasteiger partial charge is 0.137 e. The third-order valence-electron chi connectivity index (χ3n) is 27.1. The summed E-state index contributed by atoms with van der Waals surface area (Å²) in [5.41, 5.74) is 37.3. The Balaban J connectivity index is 0.000000101. The van der Waals surface area contributed by atoms with Crippen LogP contribution in [0, 0.1) is 0 Å². The Bertz CT molecular complexity index is 8810. The molecule has 14 nitrogen and oxygen atoms in total. The third-order valence-corrected chi connectivity index (χ3v) is 28.2. The van der Waals surface area contributed by atoms with Crippen LogP contribution in [-0.4, -0.2) is 43.6 Å². The summed E-state index contributed by atoms with van der Waals surface area (Å²) in [5.74, 6) is 0. The van der Waals surface area contributed by atoms with Gasteiger partial charge in [-0.2, -0.15) is 0 Å². The van der Waals surface area contributed by atoms with Gasteiger partial charge in [0.1, 0.15) is 22.3 Å². The van der Waals surface area contributed by atoms with Gasteiger partial charge in [0.15, 0.2) is 0 Å². The highest BCUT2D eigenvalue weighted by Crippen LogP contribution is 2.57. The first-order valence-corrected chi connectivity index (χ1v) is 46.0. The predicted octanol–water partition coefficient (Wildman–Crippen LogP) is 32.2. The van der Waals surface area contributed by atoms with Gasteiger partial charge in [-0.3, -0.25) is 29.9 Å². The Morgan fingerprint density at radius 2 is 0.474 bits per heavy atom. The van der Waals surface area contributed by atoms with E-state index < -0.39 is 0 Å². The van der Waals surface area contributed by atoms with Crippen LogP contribution in [0.1, 0.15) is 0 Å². The molecule has 30 rings (SSSR count). The molecular formula is C120H72N12O2S. The zero-order chi connectivity index (χ0) is 88.5. The summed E-state index contributed by atoms with van der Waals surface area (Å²) in [5, 5.41) is 14.5. The molecule has 0 atom stereocenters. The summed E-state index contributed by atoms with van der Waals surface area (Å²) in [4.78, 5) is 33.8. The fraction of sp³-hybridized carbons (Fsp3) is 0. The normalized spacial score (nSPS) is 12.4. The quantitative estimate of drug-likeness (QED) is 0.137. The fourth-order valence-electron chi connectivity index (χ4n) is 21.3. The van der Waals surface area contributed by atoms with Gasteiger partial charge < -0.3 is 37.2 Å². The minimum atomic E-state index is 0.898. The van der Waals surface area contributed by atoms with Crippen LogP contribution in [0.5, 0.6) is 0 Å². The maximum Gasteiger partial charge on any atom is 0.137 e. The highest BCUT2D eigenvalue weighted by molar-refractivity contribution is 7.25. The molecule has 15 aromatic carbocycles. The second kappa shape index (κ2) is 30.2. The van der Waals surface area contributed by atoms with Crippen molar-refractivity contribution in [2.75, 3.05) is 14.7 Å². The maximum absolute atomic E-state index is 6.36. The lowest BCUT2D eigenvalue weighted by Crippen LogP contribution is -2.18. The number of hydrogen-bond acceptors (Lipinski definition) is 12. The van der Waals surface area contributed by atoms with Crippen LogP contribution in [0.15, 0.2) is 447 Å². The number of rotatable bonds is 9. The molecule has 15 heterocycles. The number of nitrogens with zero attached hydrogens (tertiary/aromatic N) is 12.